The lowest BCUT2D eigenvalue weighted by Crippen LogP contribution is -2.35. The first-order valence-electron chi connectivity index (χ1n) is 11.1. The third-order valence-electron chi connectivity index (χ3n) is 6.73. The molecule has 33 heavy (non-hydrogen) atoms. The summed E-state index contributed by atoms with van der Waals surface area (Å²) >= 11 is 0. The minimum Gasteiger partial charge on any atom is -0.265 e. The van der Waals surface area contributed by atoms with Crippen LogP contribution in [0.2, 0.25) is 0 Å². The second-order valence-electron chi connectivity index (χ2n) is 8.41. The number of sulfonamides is 1. The van der Waals surface area contributed by atoms with Crippen molar-refractivity contribution >= 4 is 19.9 Å². The van der Waals surface area contributed by atoms with Gasteiger partial charge >= 0.3 is 0 Å². The van der Waals surface area contributed by atoms with Crippen molar-refractivity contribution in [1.29, 1.82) is 0 Å². The van der Waals surface area contributed by atoms with E-state index in [-0.39, 0.29) is 21.2 Å². The molecule has 8 heteroatoms. The van der Waals surface area contributed by atoms with Crippen molar-refractivity contribution in [2.45, 2.75) is 60.1 Å². The van der Waals surface area contributed by atoms with E-state index in [1.807, 2.05) is 38.1 Å². The number of aromatic nitrogens is 1. The molecule has 0 amide bonds. The maximum absolute atomic E-state index is 13.6. The molecule has 0 bridgehead atoms. The monoisotopic (exact) mass is 484 g/mol. The van der Waals surface area contributed by atoms with Crippen molar-refractivity contribution in [3.8, 4) is 0 Å². The predicted molar refractivity (Wildman–Crippen MR) is 128 cm³/mol. The van der Waals surface area contributed by atoms with Gasteiger partial charge in [0.2, 0.25) is 19.9 Å². The first kappa shape index (κ1) is 23.6. The molecule has 0 atom stereocenters. The van der Waals surface area contributed by atoms with E-state index in [1.54, 1.807) is 37.5 Å². The molecule has 0 saturated carbocycles. The first-order chi connectivity index (χ1) is 15.7. The molecule has 1 N–H and O–H groups in total. The van der Waals surface area contributed by atoms with Gasteiger partial charge in [-0.25, -0.2) is 21.6 Å². The third-order valence-corrected chi connectivity index (χ3v) is 10.2. The van der Waals surface area contributed by atoms with Gasteiger partial charge in [-0.2, -0.15) is 0 Å². The normalized spacial score (nSPS) is 16.1. The molecule has 1 aliphatic rings. The Kier molecular flexibility index (Phi) is 6.20. The number of hydrogen-bond acceptors (Lipinski definition) is 5. The topological polar surface area (TPSA) is 93.2 Å². The number of aryl methyl sites for hydroxylation is 1. The highest BCUT2D eigenvalue weighted by Gasteiger charge is 2.44. The molecule has 2 heterocycles. The van der Waals surface area contributed by atoms with Crippen LogP contribution >= 0.6 is 0 Å². The smallest absolute Gasteiger partial charge is 0.240 e. The lowest BCUT2D eigenvalue weighted by molar-refractivity contribution is 0.448. The number of sulfone groups is 1. The highest BCUT2D eigenvalue weighted by molar-refractivity contribution is 7.92. The van der Waals surface area contributed by atoms with Crippen molar-refractivity contribution in [1.82, 2.24) is 9.71 Å². The molecule has 2 aromatic carbocycles. The number of fused-ring (bicyclic) bond motifs is 2. The zero-order chi connectivity index (χ0) is 23.9. The van der Waals surface area contributed by atoms with Gasteiger partial charge in [0.15, 0.2) is 0 Å². The lowest BCUT2D eigenvalue weighted by Gasteiger charge is -2.40. The van der Waals surface area contributed by atoms with Crippen LogP contribution in [0.4, 0.5) is 0 Å². The largest absolute Gasteiger partial charge is 0.265 e. The molecule has 1 aliphatic heterocycles. The Balaban J connectivity index is 1.80. The van der Waals surface area contributed by atoms with Crippen molar-refractivity contribution in [3.05, 3.63) is 83.2 Å². The van der Waals surface area contributed by atoms with Crippen LogP contribution in [0.15, 0.2) is 75.6 Å². The van der Waals surface area contributed by atoms with Gasteiger partial charge in [-0.3, -0.25) is 4.98 Å². The van der Waals surface area contributed by atoms with Crippen LogP contribution in [0.25, 0.3) is 0 Å². The fourth-order valence-corrected chi connectivity index (χ4v) is 8.10. The molecule has 1 aromatic heterocycles. The molecule has 3 aromatic rings. The Bertz CT molecular complexity index is 1400. The van der Waals surface area contributed by atoms with Crippen molar-refractivity contribution < 1.29 is 16.8 Å². The SMILES string of the molecule is CCC1(CC)c2ccccc2S(=O)(=O)c2cc(S(=O)(=O)NCCc3ccncc3)c(C)cc21. The van der Waals surface area contributed by atoms with Crippen molar-refractivity contribution in [2.75, 3.05) is 6.54 Å². The number of nitrogens with one attached hydrogen (secondary N) is 1. The van der Waals surface area contributed by atoms with E-state index in [9.17, 15) is 16.8 Å². The van der Waals surface area contributed by atoms with E-state index in [4.69, 9.17) is 0 Å². The van der Waals surface area contributed by atoms with Gasteiger partial charge in [0, 0.05) is 24.4 Å². The molecule has 0 spiro atoms. The molecule has 0 fully saturated rings. The molecule has 4 rings (SSSR count). The zero-order valence-corrected chi connectivity index (χ0v) is 20.6. The highest BCUT2D eigenvalue weighted by atomic mass is 32.2. The van der Waals surface area contributed by atoms with E-state index in [1.165, 1.54) is 6.07 Å². The summed E-state index contributed by atoms with van der Waals surface area (Å²) in [7, 11) is -7.76. The molecule has 0 aliphatic carbocycles. The Hall–Kier alpha value is -2.55. The summed E-state index contributed by atoms with van der Waals surface area (Å²) in [4.78, 5) is 4.31. The van der Waals surface area contributed by atoms with Crippen LogP contribution in [0.3, 0.4) is 0 Å². The van der Waals surface area contributed by atoms with E-state index < -0.39 is 25.3 Å². The second kappa shape index (κ2) is 8.66. The van der Waals surface area contributed by atoms with E-state index in [0.29, 0.717) is 30.4 Å². The summed E-state index contributed by atoms with van der Waals surface area (Å²) < 4.78 is 56.1. The molecular weight excluding hydrogens is 456 g/mol. The summed E-state index contributed by atoms with van der Waals surface area (Å²) in [6, 6.07) is 13.8. The number of benzene rings is 2. The van der Waals surface area contributed by atoms with Crippen LogP contribution < -0.4 is 4.72 Å². The minimum absolute atomic E-state index is 0.0000376. The van der Waals surface area contributed by atoms with Crippen LogP contribution in [-0.4, -0.2) is 28.4 Å². The first-order valence-corrected chi connectivity index (χ1v) is 14.0. The summed E-state index contributed by atoms with van der Waals surface area (Å²) in [6.07, 6.45) is 5.24. The molecule has 174 valence electrons. The Morgan fingerprint density at radius 1 is 0.939 bits per heavy atom. The number of pyridine rings is 1. The van der Waals surface area contributed by atoms with Crippen molar-refractivity contribution in [3.63, 3.8) is 0 Å². The molecule has 6 nitrogen and oxygen atoms in total. The van der Waals surface area contributed by atoms with Gasteiger partial charge in [0.1, 0.15) is 0 Å². The summed E-state index contributed by atoms with van der Waals surface area (Å²) in [5.74, 6) is 0. The van der Waals surface area contributed by atoms with Crippen LogP contribution in [0.1, 0.15) is 48.9 Å². The third kappa shape index (κ3) is 3.90. The highest BCUT2D eigenvalue weighted by Crippen LogP contribution is 2.50. The van der Waals surface area contributed by atoms with Gasteiger partial charge in [0.25, 0.3) is 0 Å². The number of nitrogens with zero attached hydrogens (tertiary/aromatic N) is 1. The summed E-state index contributed by atoms with van der Waals surface area (Å²) in [5, 5.41) is 0. The number of rotatable bonds is 7. The van der Waals surface area contributed by atoms with E-state index in [0.717, 1.165) is 11.1 Å². The Morgan fingerprint density at radius 3 is 2.27 bits per heavy atom. The molecule has 0 unspecified atom stereocenters. The molecule has 0 saturated heterocycles. The van der Waals surface area contributed by atoms with Crippen molar-refractivity contribution in [2.24, 2.45) is 0 Å². The van der Waals surface area contributed by atoms with Gasteiger partial charge < -0.3 is 0 Å². The van der Waals surface area contributed by atoms with Gasteiger partial charge in [0.05, 0.1) is 14.7 Å². The fraction of sp³-hybridized carbons (Fsp3) is 0.320. The van der Waals surface area contributed by atoms with Gasteiger partial charge in [-0.05, 0) is 72.7 Å². The minimum atomic E-state index is -3.90. The van der Waals surface area contributed by atoms with E-state index in [2.05, 4.69) is 9.71 Å². The quantitative estimate of drug-likeness (QED) is 0.543. The molecule has 0 radical (unpaired) electrons. The maximum atomic E-state index is 13.6. The van der Waals surface area contributed by atoms with Crippen LogP contribution in [-0.2, 0) is 31.7 Å². The van der Waals surface area contributed by atoms with Gasteiger partial charge in [-0.15, -0.1) is 0 Å². The average Bonchev–Trinajstić information content (AvgIpc) is 2.80. The standard InChI is InChI=1S/C25H28N2O4S2/c1-4-25(5-2)20-8-6-7-9-22(20)32(28,29)24-17-23(18(3)16-21(24)25)33(30,31)27-15-12-19-10-13-26-14-11-19/h6-11,13-14,16-17,27H,4-5,12,15H2,1-3H3. The maximum Gasteiger partial charge on any atom is 0.240 e. The summed E-state index contributed by atoms with van der Waals surface area (Å²) in [5.41, 5.74) is 2.47. The summed E-state index contributed by atoms with van der Waals surface area (Å²) in [6.45, 7) is 6.01. The zero-order valence-electron chi connectivity index (χ0n) is 19.0. The van der Waals surface area contributed by atoms with E-state index >= 15 is 0 Å². The van der Waals surface area contributed by atoms with Gasteiger partial charge in [-0.1, -0.05) is 38.1 Å². The number of hydrogen-bond donors (Lipinski definition) is 1. The lowest BCUT2D eigenvalue weighted by atomic mass is 9.70. The second-order valence-corrected chi connectivity index (χ2v) is 12.0. The van der Waals surface area contributed by atoms with Crippen LogP contribution in [0, 0.1) is 6.92 Å². The Labute approximate surface area is 196 Å². The Morgan fingerprint density at radius 2 is 1.61 bits per heavy atom. The average molecular weight is 485 g/mol. The molecular formula is C25H28N2O4S2. The fourth-order valence-electron chi connectivity index (χ4n) is 4.88. The van der Waals surface area contributed by atoms with Crippen LogP contribution in [0.5, 0.6) is 0 Å². The predicted octanol–water partition coefficient (Wildman–Crippen LogP) is 4.16.